The van der Waals surface area contributed by atoms with Crippen LogP contribution in [0.4, 0.5) is 0 Å². The van der Waals surface area contributed by atoms with Crippen molar-refractivity contribution in [3.63, 3.8) is 0 Å². The summed E-state index contributed by atoms with van der Waals surface area (Å²) in [6.45, 7) is 0. The molecule has 4 rings (SSSR count). The van der Waals surface area contributed by atoms with E-state index in [1.807, 2.05) is 24.3 Å². The van der Waals surface area contributed by atoms with Gasteiger partial charge in [-0.05, 0) is 22.9 Å². The zero-order valence-corrected chi connectivity index (χ0v) is 7.78. The molecule has 0 amide bonds. The Morgan fingerprint density at radius 3 is 1.60 bits per heavy atom. The lowest BCUT2D eigenvalue weighted by Gasteiger charge is -1.96. The molecule has 1 N–H and O–H groups in total. The van der Waals surface area contributed by atoms with Crippen LogP contribution in [0.25, 0.3) is 21.5 Å². The van der Waals surface area contributed by atoms with Crippen LogP contribution in [0.1, 0.15) is 0 Å². The molecule has 2 bridgehead atoms. The van der Waals surface area contributed by atoms with Gasteiger partial charge in [-0.15, -0.1) is 0 Å². The molecular weight excluding hydrogens is 190 g/mol. The van der Waals surface area contributed by atoms with Crippen molar-refractivity contribution in [2.24, 2.45) is 0 Å². The first-order valence-corrected chi connectivity index (χ1v) is 4.65. The third-order valence-corrected chi connectivity index (χ3v) is 2.64. The van der Waals surface area contributed by atoms with Crippen molar-refractivity contribution in [2.75, 3.05) is 0 Å². The molecule has 0 aliphatic carbocycles. The van der Waals surface area contributed by atoms with Crippen molar-refractivity contribution in [1.29, 1.82) is 0 Å². The van der Waals surface area contributed by atoms with Crippen molar-refractivity contribution < 1.29 is 0 Å². The van der Waals surface area contributed by atoms with Crippen molar-refractivity contribution in [3.8, 4) is 0 Å². The van der Waals surface area contributed by atoms with Gasteiger partial charge in [0.15, 0.2) is 0 Å². The first-order valence-electron chi connectivity index (χ1n) is 4.65. The topological polar surface area (TPSA) is 49.9 Å². The fourth-order valence-electron chi connectivity index (χ4n) is 1.93. The van der Waals surface area contributed by atoms with Gasteiger partial charge in [0, 0.05) is 10.8 Å². The molecule has 15 heavy (non-hydrogen) atoms. The Hall–Kier alpha value is -2.16. The lowest BCUT2D eigenvalue weighted by Crippen LogP contribution is -2.12. The molecule has 2 aromatic heterocycles. The molecule has 2 aromatic carbocycles. The number of fused-ring (bicyclic) bond motifs is 3. The van der Waals surface area contributed by atoms with E-state index in [-0.39, 0.29) is 11.1 Å². The molecule has 72 valence electrons. The minimum absolute atomic E-state index is 0.323. The molecule has 3 heteroatoms. The van der Waals surface area contributed by atoms with Crippen molar-refractivity contribution in [1.82, 2.24) is 4.98 Å². The molecule has 0 aliphatic heterocycles. The zero-order valence-electron chi connectivity index (χ0n) is 7.78. The van der Waals surface area contributed by atoms with Gasteiger partial charge in [-0.1, -0.05) is 24.3 Å². The number of hydrogen-bond acceptors (Lipinski definition) is 2. The molecule has 0 aliphatic rings. The highest BCUT2D eigenvalue weighted by Crippen LogP contribution is 2.20. The standard InChI is InChI=1S/C12H7NO2/c14-11-9-5-6-10(12(15)13-11)8-4-2-1-3-7(8)9/h1-6H,(H,13,14,15). The predicted octanol–water partition coefficient (Wildman–Crippen LogP) is 1.48. The van der Waals surface area contributed by atoms with Crippen LogP contribution < -0.4 is 11.1 Å². The van der Waals surface area contributed by atoms with E-state index in [1.165, 1.54) is 0 Å². The van der Waals surface area contributed by atoms with Crippen molar-refractivity contribution in [2.45, 2.75) is 0 Å². The van der Waals surface area contributed by atoms with Crippen LogP contribution in [0.5, 0.6) is 0 Å². The Balaban J connectivity index is 2.90. The molecule has 0 saturated carbocycles. The summed E-state index contributed by atoms with van der Waals surface area (Å²) in [5.74, 6) is 0. The molecule has 0 unspecified atom stereocenters. The van der Waals surface area contributed by atoms with Gasteiger partial charge in [-0.3, -0.25) is 14.6 Å². The van der Waals surface area contributed by atoms with Crippen LogP contribution in [-0.4, -0.2) is 4.98 Å². The van der Waals surface area contributed by atoms with E-state index in [9.17, 15) is 9.59 Å². The van der Waals surface area contributed by atoms with E-state index < -0.39 is 0 Å². The second kappa shape index (κ2) is 2.67. The van der Waals surface area contributed by atoms with E-state index in [0.29, 0.717) is 10.8 Å². The van der Waals surface area contributed by atoms with Crippen LogP contribution in [0.2, 0.25) is 0 Å². The number of aromatic nitrogens is 1. The second-order valence-electron chi connectivity index (χ2n) is 3.49. The average molecular weight is 197 g/mol. The van der Waals surface area contributed by atoms with Gasteiger partial charge < -0.3 is 0 Å². The Kier molecular flexibility index (Phi) is 1.45. The minimum Gasteiger partial charge on any atom is -0.288 e. The average Bonchev–Trinajstić information content (AvgIpc) is 2.45. The third kappa shape index (κ3) is 1.00. The lowest BCUT2D eigenvalue weighted by atomic mass is 10.1. The summed E-state index contributed by atoms with van der Waals surface area (Å²) in [5.41, 5.74) is -0.646. The summed E-state index contributed by atoms with van der Waals surface area (Å²) >= 11 is 0. The SMILES string of the molecule is O=c1[nH]c(=O)c2ccc1c1ccccc21. The molecule has 3 nitrogen and oxygen atoms in total. The fourth-order valence-corrected chi connectivity index (χ4v) is 1.93. The predicted molar refractivity (Wildman–Crippen MR) is 59.5 cm³/mol. The van der Waals surface area contributed by atoms with Gasteiger partial charge in [-0.2, -0.15) is 0 Å². The molecule has 4 aromatic rings. The number of H-pyrrole nitrogens is 1. The highest BCUT2D eigenvalue weighted by Gasteiger charge is 2.06. The smallest absolute Gasteiger partial charge is 0.258 e. The molecule has 2 heterocycles. The van der Waals surface area contributed by atoms with E-state index in [4.69, 9.17) is 0 Å². The van der Waals surface area contributed by atoms with Crippen LogP contribution in [0, 0.1) is 0 Å². The second-order valence-corrected chi connectivity index (χ2v) is 3.49. The maximum Gasteiger partial charge on any atom is 0.258 e. The first-order chi connectivity index (χ1) is 7.27. The number of aromatic amines is 1. The van der Waals surface area contributed by atoms with Crippen LogP contribution in [-0.2, 0) is 0 Å². The number of nitrogens with one attached hydrogen (secondary N) is 1. The molecule has 0 fully saturated rings. The summed E-state index contributed by atoms with van der Waals surface area (Å²) in [6, 6.07) is 10.8. The molecule has 0 atom stereocenters. The van der Waals surface area contributed by atoms with Gasteiger partial charge in [0.1, 0.15) is 0 Å². The van der Waals surface area contributed by atoms with Gasteiger partial charge in [0.05, 0.1) is 0 Å². The summed E-state index contributed by atoms with van der Waals surface area (Å²) in [5, 5.41) is 2.78. The lowest BCUT2D eigenvalue weighted by molar-refractivity contribution is 1.24. The molecule has 0 spiro atoms. The van der Waals surface area contributed by atoms with Crippen molar-refractivity contribution >= 4 is 21.5 Å². The Morgan fingerprint density at radius 2 is 1.13 bits per heavy atom. The Bertz CT molecular complexity index is 695. The number of rotatable bonds is 0. The monoisotopic (exact) mass is 197 g/mol. The summed E-state index contributed by atoms with van der Waals surface area (Å²) in [4.78, 5) is 25.6. The number of hydrogen-bond donors (Lipinski definition) is 1. The van der Waals surface area contributed by atoms with Gasteiger partial charge in [0.25, 0.3) is 11.1 Å². The Labute approximate surface area is 84.3 Å². The maximum absolute atomic E-state index is 11.6. The number of benzene rings is 2. The van der Waals surface area contributed by atoms with E-state index in [2.05, 4.69) is 4.98 Å². The van der Waals surface area contributed by atoms with Gasteiger partial charge in [0.2, 0.25) is 0 Å². The zero-order chi connectivity index (χ0) is 10.4. The summed E-state index contributed by atoms with van der Waals surface area (Å²) in [6.07, 6.45) is 0. The quantitative estimate of drug-likeness (QED) is 0.593. The largest absolute Gasteiger partial charge is 0.288 e. The third-order valence-electron chi connectivity index (χ3n) is 2.64. The van der Waals surface area contributed by atoms with Gasteiger partial charge in [-0.25, -0.2) is 0 Å². The first kappa shape index (κ1) is 8.17. The molecule has 0 radical (unpaired) electrons. The summed E-state index contributed by atoms with van der Waals surface area (Å²) < 4.78 is 0. The van der Waals surface area contributed by atoms with E-state index in [1.54, 1.807) is 12.1 Å². The highest BCUT2D eigenvalue weighted by atomic mass is 16.2. The fraction of sp³-hybridized carbons (Fsp3) is 0. The van der Waals surface area contributed by atoms with Gasteiger partial charge >= 0.3 is 0 Å². The van der Waals surface area contributed by atoms with Crippen LogP contribution in [0.15, 0.2) is 46.0 Å². The van der Waals surface area contributed by atoms with E-state index in [0.717, 1.165) is 10.8 Å². The van der Waals surface area contributed by atoms with Crippen LogP contribution in [0.3, 0.4) is 0 Å². The normalized spacial score (nSPS) is 11.2. The highest BCUT2D eigenvalue weighted by molar-refractivity contribution is 6.07. The van der Waals surface area contributed by atoms with Crippen LogP contribution >= 0.6 is 0 Å². The van der Waals surface area contributed by atoms with Crippen molar-refractivity contribution in [3.05, 3.63) is 57.1 Å². The molecule has 0 saturated heterocycles. The minimum atomic E-state index is -0.323. The Morgan fingerprint density at radius 1 is 0.667 bits per heavy atom. The molecular formula is C12H7NO2. The summed E-state index contributed by atoms with van der Waals surface area (Å²) in [7, 11) is 0. The van der Waals surface area contributed by atoms with E-state index >= 15 is 0 Å². The maximum atomic E-state index is 11.6.